The van der Waals surface area contributed by atoms with Gasteiger partial charge in [0.2, 0.25) is 5.95 Å². The Hall–Kier alpha value is -3.49. The molecule has 3 aromatic heterocycles. The molecule has 4 heterocycles. The molecular weight excluding hydrogens is 392 g/mol. The van der Waals surface area contributed by atoms with Crippen molar-refractivity contribution in [3.8, 4) is 17.0 Å². The molecule has 0 saturated carbocycles. The molecule has 8 nitrogen and oxygen atoms in total. The largest absolute Gasteiger partial charge is 0.492 e. The van der Waals surface area contributed by atoms with Crippen LogP contribution in [0.5, 0.6) is 5.75 Å². The zero-order chi connectivity index (χ0) is 20.9. The number of nitrogens with zero attached hydrogens (tertiary/aromatic N) is 5. The van der Waals surface area contributed by atoms with Gasteiger partial charge in [-0.25, -0.2) is 9.50 Å². The van der Waals surface area contributed by atoms with Crippen LogP contribution < -0.4 is 10.1 Å². The average Bonchev–Trinajstić information content (AvgIpc) is 3.25. The maximum absolute atomic E-state index is 5.87. The Morgan fingerprint density at radius 3 is 2.68 bits per heavy atom. The molecule has 0 aliphatic carbocycles. The van der Waals surface area contributed by atoms with E-state index in [1.165, 1.54) is 0 Å². The topological polar surface area (TPSA) is 76.8 Å². The zero-order valence-corrected chi connectivity index (χ0v) is 17.1. The molecule has 1 aromatic carbocycles. The zero-order valence-electron chi connectivity index (χ0n) is 17.1. The molecule has 158 valence electrons. The van der Waals surface area contributed by atoms with E-state index in [1.54, 1.807) is 12.4 Å². The van der Waals surface area contributed by atoms with Gasteiger partial charge in [-0.15, -0.1) is 5.10 Å². The van der Waals surface area contributed by atoms with Gasteiger partial charge >= 0.3 is 0 Å². The number of morpholine rings is 1. The van der Waals surface area contributed by atoms with E-state index >= 15 is 0 Å². The number of hydrogen-bond acceptors (Lipinski definition) is 7. The van der Waals surface area contributed by atoms with Crippen molar-refractivity contribution in [2.75, 3.05) is 44.8 Å². The molecule has 5 rings (SSSR count). The Kier molecular flexibility index (Phi) is 5.72. The fourth-order valence-corrected chi connectivity index (χ4v) is 3.57. The lowest BCUT2D eigenvalue weighted by atomic mass is 10.2. The molecule has 0 atom stereocenters. The third-order valence-electron chi connectivity index (χ3n) is 5.25. The van der Waals surface area contributed by atoms with Crippen molar-refractivity contribution < 1.29 is 9.47 Å². The summed E-state index contributed by atoms with van der Waals surface area (Å²) in [5, 5.41) is 7.91. The first kappa shape index (κ1) is 19.5. The molecule has 1 saturated heterocycles. The van der Waals surface area contributed by atoms with Crippen LogP contribution in [-0.4, -0.2) is 63.9 Å². The van der Waals surface area contributed by atoms with E-state index in [-0.39, 0.29) is 0 Å². The standard InChI is InChI=1S/C23H24N6O2/c1-2-18(16-24-9-1)22-8-5-20-17-25-23(27-29(20)22)26-19-3-6-21(7-4-19)31-15-12-28-10-13-30-14-11-28/h1-9,16-17H,10-15H2,(H,26,27). The Balaban J connectivity index is 1.23. The van der Waals surface area contributed by atoms with Crippen LogP contribution in [-0.2, 0) is 4.74 Å². The first-order valence-corrected chi connectivity index (χ1v) is 10.4. The normalized spacial score (nSPS) is 14.6. The molecule has 1 aliphatic rings. The molecule has 0 amide bonds. The fraction of sp³-hybridized carbons (Fsp3) is 0.261. The minimum absolute atomic E-state index is 0.523. The molecule has 0 radical (unpaired) electrons. The summed E-state index contributed by atoms with van der Waals surface area (Å²) in [6.45, 7) is 5.13. The summed E-state index contributed by atoms with van der Waals surface area (Å²) in [6.07, 6.45) is 5.39. The van der Waals surface area contributed by atoms with Crippen LogP contribution in [0.2, 0.25) is 0 Å². The monoisotopic (exact) mass is 416 g/mol. The van der Waals surface area contributed by atoms with Crippen LogP contribution in [0.1, 0.15) is 0 Å². The first-order chi connectivity index (χ1) is 15.3. The van der Waals surface area contributed by atoms with Gasteiger partial charge in [-0.1, -0.05) is 0 Å². The highest BCUT2D eigenvalue weighted by atomic mass is 16.5. The van der Waals surface area contributed by atoms with Gasteiger partial charge in [0.15, 0.2) is 0 Å². The molecule has 1 aliphatic heterocycles. The van der Waals surface area contributed by atoms with Crippen molar-refractivity contribution in [2.45, 2.75) is 0 Å². The summed E-state index contributed by atoms with van der Waals surface area (Å²) < 4.78 is 13.1. The molecule has 31 heavy (non-hydrogen) atoms. The number of fused-ring (bicyclic) bond motifs is 1. The van der Waals surface area contributed by atoms with E-state index in [0.29, 0.717) is 12.6 Å². The van der Waals surface area contributed by atoms with Crippen LogP contribution in [0.25, 0.3) is 16.8 Å². The van der Waals surface area contributed by atoms with Crippen molar-refractivity contribution in [1.29, 1.82) is 0 Å². The highest BCUT2D eigenvalue weighted by Gasteiger charge is 2.10. The van der Waals surface area contributed by atoms with Gasteiger partial charge in [-0.3, -0.25) is 9.88 Å². The van der Waals surface area contributed by atoms with Crippen LogP contribution in [0.15, 0.2) is 67.1 Å². The van der Waals surface area contributed by atoms with Crippen molar-refractivity contribution >= 4 is 17.2 Å². The van der Waals surface area contributed by atoms with Crippen LogP contribution in [0.3, 0.4) is 0 Å². The predicted octanol–water partition coefficient (Wildman–Crippen LogP) is 3.25. The van der Waals surface area contributed by atoms with Crippen LogP contribution in [0, 0.1) is 0 Å². The fourth-order valence-electron chi connectivity index (χ4n) is 3.57. The van der Waals surface area contributed by atoms with Crippen molar-refractivity contribution in [1.82, 2.24) is 24.5 Å². The first-order valence-electron chi connectivity index (χ1n) is 10.4. The minimum Gasteiger partial charge on any atom is -0.492 e. The van der Waals surface area contributed by atoms with Gasteiger partial charge in [0.25, 0.3) is 0 Å². The van der Waals surface area contributed by atoms with E-state index in [9.17, 15) is 0 Å². The van der Waals surface area contributed by atoms with E-state index in [0.717, 1.165) is 61.1 Å². The van der Waals surface area contributed by atoms with Gasteiger partial charge in [-0.2, -0.15) is 0 Å². The molecule has 1 fully saturated rings. The number of anilines is 2. The average molecular weight is 416 g/mol. The predicted molar refractivity (Wildman–Crippen MR) is 119 cm³/mol. The summed E-state index contributed by atoms with van der Waals surface area (Å²) in [7, 11) is 0. The molecule has 1 N–H and O–H groups in total. The van der Waals surface area contributed by atoms with Crippen molar-refractivity contribution in [3.63, 3.8) is 0 Å². The van der Waals surface area contributed by atoms with Gasteiger partial charge in [0.1, 0.15) is 12.4 Å². The second-order valence-electron chi connectivity index (χ2n) is 7.33. The van der Waals surface area contributed by atoms with E-state index in [2.05, 4.69) is 25.3 Å². The summed E-state index contributed by atoms with van der Waals surface area (Å²) >= 11 is 0. The van der Waals surface area contributed by atoms with E-state index in [1.807, 2.05) is 59.2 Å². The van der Waals surface area contributed by atoms with Gasteiger partial charge in [0.05, 0.1) is 30.6 Å². The molecule has 4 aromatic rings. The number of ether oxygens (including phenoxy) is 2. The number of hydrogen-bond donors (Lipinski definition) is 1. The highest BCUT2D eigenvalue weighted by molar-refractivity contribution is 5.66. The second-order valence-corrected chi connectivity index (χ2v) is 7.33. The van der Waals surface area contributed by atoms with Crippen LogP contribution in [0.4, 0.5) is 11.6 Å². The van der Waals surface area contributed by atoms with Crippen molar-refractivity contribution in [3.05, 3.63) is 67.1 Å². The van der Waals surface area contributed by atoms with Gasteiger partial charge in [-0.05, 0) is 48.5 Å². The quantitative estimate of drug-likeness (QED) is 0.496. The van der Waals surface area contributed by atoms with Crippen molar-refractivity contribution in [2.24, 2.45) is 0 Å². The lowest BCUT2D eigenvalue weighted by Crippen LogP contribution is -2.38. The number of pyridine rings is 1. The van der Waals surface area contributed by atoms with E-state index in [4.69, 9.17) is 9.47 Å². The molecule has 8 heteroatoms. The summed E-state index contributed by atoms with van der Waals surface area (Å²) in [6, 6.07) is 15.8. The third kappa shape index (κ3) is 4.65. The Bertz CT molecular complexity index is 1120. The number of nitrogens with one attached hydrogen (secondary N) is 1. The maximum atomic E-state index is 5.87. The Labute approximate surface area is 180 Å². The summed E-state index contributed by atoms with van der Waals surface area (Å²) in [5.74, 6) is 1.37. The Morgan fingerprint density at radius 1 is 1.00 bits per heavy atom. The molecule has 0 unspecified atom stereocenters. The Morgan fingerprint density at radius 2 is 1.87 bits per heavy atom. The molecule has 0 spiro atoms. The SMILES string of the molecule is c1cncc(-c2ccc3cnc(Nc4ccc(OCCN5CCOCC5)cc4)nn23)c1. The highest BCUT2D eigenvalue weighted by Crippen LogP contribution is 2.22. The molecule has 0 bridgehead atoms. The number of rotatable bonds is 7. The number of benzene rings is 1. The second kappa shape index (κ2) is 9.11. The molecular formula is C23H24N6O2. The van der Waals surface area contributed by atoms with E-state index < -0.39 is 0 Å². The lowest BCUT2D eigenvalue weighted by Gasteiger charge is -2.26. The third-order valence-corrected chi connectivity index (χ3v) is 5.25. The van der Waals surface area contributed by atoms with Gasteiger partial charge in [0, 0.05) is 43.3 Å². The van der Waals surface area contributed by atoms with Gasteiger partial charge < -0.3 is 14.8 Å². The lowest BCUT2D eigenvalue weighted by molar-refractivity contribution is 0.0322. The number of aromatic nitrogens is 4. The van der Waals surface area contributed by atoms with Crippen LogP contribution >= 0.6 is 0 Å². The maximum Gasteiger partial charge on any atom is 0.245 e. The summed E-state index contributed by atoms with van der Waals surface area (Å²) in [4.78, 5) is 11.0. The minimum atomic E-state index is 0.523. The smallest absolute Gasteiger partial charge is 0.245 e. The summed E-state index contributed by atoms with van der Waals surface area (Å²) in [5.41, 5.74) is 3.80.